The van der Waals surface area contributed by atoms with Gasteiger partial charge in [-0.3, -0.25) is 4.79 Å². The van der Waals surface area contributed by atoms with Crippen LogP contribution in [0.4, 0.5) is 0 Å². The van der Waals surface area contributed by atoms with Crippen LogP contribution in [0.1, 0.15) is 37.8 Å². The highest BCUT2D eigenvalue weighted by atomic mass is 79.9. The van der Waals surface area contributed by atoms with Crippen LogP contribution in [-0.4, -0.2) is 24.7 Å². The van der Waals surface area contributed by atoms with Crippen LogP contribution in [0.5, 0.6) is 0 Å². The number of ether oxygens (including phenoxy) is 1. The van der Waals surface area contributed by atoms with Crippen molar-refractivity contribution in [2.45, 2.75) is 39.2 Å². The summed E-state index contributed by atoms with van der Waals surface area (Å²) in [7, 11) is 0. The molecule has 1 aromatic rings. The number of carbonyl (C=O) groups is 1. The molecule has 0 radical (unpaired) electrons. The average Bonchev–Trinajstić information content (AvgIpc) is 2.75. The molecule has 4 heteroatoms. The summed E-state index contributed by atoms with van der Waals surface area (Å²) >= 11 is 3.62. The summed E-state index contributed by atoms with van der Waals surface area (Å²) in [5.74, 6) is -0.0620. The molecule has 1 saturated heterocycles. The molecule has 0 saturated carbocycles. The van der Waals surface area contributed by atoms with Gasteiger partial charge in [-0.2, -0.15) is 0 Å². The average molecular weight is 340 g/mol. The van der Waals surface area contributed by atoms with Crippen LogP contribution < -0.4 is 5.32 Å². The molecule has 1 aliphatic heterocycles. The number of hydrogen-bond acceptors (Lipinski definition) is 3. The normalized spacial score (nSPS) is 22.9. The topological polar surface area (TPSA) is 38.3 Å². The first-order valence-electron chi connectivity index (χ1n) is 6.97. The van der Waals surface area contributed by atoms with Gasteiger partial charge in [0, 0.05) is 23.5 Å². The fourth-order valence-corrected chi connectivity index (χ4v) is 3.35. The molecule has 110 valence electrons. The second-order valence-electron chi connectivity index (χ2n) is 6.43. The van der Waals surface area contributed by atoms with E-state index in [1.807, 2.05) is 20.8 Å². The van der Waals surface area contributed by atoms with E-state index in [0.717, 1.165) is 11.0 Å². The summed E-state index contributed by atoms with van der Waals surface area (Å²) in [5.41, 5.74) is 1.95. The lowest BCUT2D eigenvalue weighted by atomic mass is 9.88. The first-order valence-corrected chi connectivity index (χ1v) is 7.77. The van der Waals surface area contributed by atoms with E-state index < -0.39 is 5.60 Å². The monoisotopic (exact) mass is 339 g/mol. The molecule has 2 unspecified atom stereocenters. The Bertz CT molecular complexity index is 508. The molecular weight excluding hydrogens is 318 g/mol. The Morgan fingerprint density at radius 3 is 2.65 bits per heavy atom. The van der Waals surface area contributed by atoms with E-state index in [0.29, 0.717) is 6.54 Å². The predicted octanol–water partition coefficient (Wildman–Crippen LogP) is 3.40. The van der Waals surface area contributed by atoms with Crippen molar-refractivity contribution < 1.29 is 9.53 Å². The maximum absolute atomic E-state index is 12.3. The Labute approximate surface area is 129 Å². The number of benzene rings is 1. The number of nitrogens with one attached hydrogen (secondary N) is 1. The number of hydrogen-bond donors (Lipinski definition) is 1. The molecule has 0 spiro atoms. The molecule has 2 atom stereocenters. The van der Waals surface area contributed by atoms with Crippen LogP contribution in [0.15, 0.2) is 22.7 Å². The Morgan fingerprint density at radius 2 is 2.05 bits per heavy atom. The molecule has 3 nitrogen and oxygen atoms in total. The van der Waals surface area contributed by atoms with Gasteiger partial charge in [0.05, 0.1) is 5.92 Å². The van der Waals surface area contributed by atoms with Gasteiger partial charge < -0.3 is 10.1 Å². The molecule has 1 aromatic carbocycles. The highest BCUT2D eigenvalue weighted by molar-refractivity contribution is 9.10. The second-order valence-corrected chi connectivity index (χ2v) is 7.28. The van der Waals surface area contributed by atoms with Gasteiger partial charge in [-0.25, -0.2) is 0 Å². The third-order valence-corrected chi connectivity index (χ3v) is 4.17. The van der Waals surface area contributed by atoms with Crippen molar-refractivity contribution in [1.29, 1.82) is 0 Å². The lowest BCUT2D eigenvalue weighted by molar-refractivity contribution is -0.159. The second kappa shape index (κ2) is 5.86. The first kappa shape index (κ1) is 15.5. The first-order chi connectivity index (χ1) is 9.28. The van der Waals surface area contributed by atoms with E-state index >= 15 is 0 Å². The molecule has 20 heavy (non-hydrogen) atoms. The van der Waals surface area contributed by atoms with Gasteiger partial charge in [0.2, 0.25) is 0 Å². The summed E-state index contributed by atoms with van der Waals surface area (Å²) in [6.45, 7) is 9.27. The predicted molar refractivity (Wildman–Crippen MR) is 83.8 cm³/mol. The summed E-state index contributed by atoms with van der Waals surface area (Å²) < 4.78 is 6.61. The van der Waals surface area contributed by atoms with Crippen molar-refractivity contribution in [1.82, 2.24) is 5.32 Å². The van der Waals surface area contributed by atoms with E-state index in [-0.39, 0.29) is 17.8 Å². The van der Waals surface area contributed by atoms with E-state index in [9.17, 15) is 4.79 Å². The van der Waals surface area contributed by atoms with Crippen molar-refractivity contribution in [3.63, 3.8) is 0 Å². The smallest absolute Gasteiger partial charge is 0.311 e. The van der Waals surface area contributed by atoms with Gasteiger partial charge in [-0.1, -0.05) is 28.1 Å². The Kier molecular flexibility index (Phi) is 4.55. The van der Waals surface area contributed by atoms with Crippen molar-refractivity contribution in [2.75, 3.05) is 13.1 Å². The molecule has 0 bridgehead atoms. The van der Waals surface area contributed by atoms with Crippen molar-refractivity contribution in [2.24, 2.45) is 5.92 Å². The van der Waals surface area contributed by atoms with E-state index in [1.54, 1.807) is 0 Å². The summed E-state index contributed by atoms with van der Waals surface area (Å²) in [6.07, 6.45) is 0. The number of halogens is 1. The largest absolute Gasteiger partial charge is 0.460 e. The van der Waals surface area contributed by atoms with Gasteiger partial charge in [-0.05, 0) is 44.9 Å². The third-order valence-electron chi connectivity index (χ3n) is 3.48. The maximum atomic E-state index is 12.3. The minimum atomic E-state index is -0.436. The van der Waals surface area contributed by atoms with Crippen LogP contribution in [0.3, 0.4) is 0 Å². The van der Waals surface area contributed by atoms with Crippen molar-refractivity contribution in [3.8, 4) is 0 Å². The molecule has 1 N–H and O–H groups in total. The van der Waals surface area contributed by atoms with Gasteiger partial charge in [0.1, 0.15) is 5.60 Å². The Hall–Kier alpha value is -0.870. The highest BCUT2D eigenvalue weighted by Crippen LogP contribution is 2.34. The fourth-order valence-electron chi connectivity index (χ4n) is 2.56. The van der Waals surface area contributed by atoms with Crippen LogP contribution in [0.25, 0.3) is 0 Å². The third kappa shape index (κ3) is 3.61. The summed E-state index contributed by atoms with van der Waals surface area (Å²) in [6, 6.07) is 6.29. The lowest BCUT2D eigenvalue weighted by Crippen LogP contribution is -2.31. The minimum Gasteiger partial charge on any atom is -0.460 e. The standard InChI is InChI=1S/C16H22BrNO2/c1-10-5-6-11(14(17)7-10)12-8-18-9-13(12)15(19)20-16(2,3)4/h5-7,12-13,18H,8-9H2,1-4H3. The zero-order valence-corrected chi connectivity index (χ0v) is 14.1. The van der Waals surface area contributed by atoms with Crippen LogP contribution in [0.2, 0.25) is 0 Å². The summed E-state index contributed by atoms with van der Waals surface area (Å²) in [5, 5.41) is 3.31. The zero-order valence-electron chi connectivity index (χ0n) is 12.5. The summed E-state index contributed by atoms with van der Waals surface area (Å²) in [4.78, 5) is 12.3. The molecule has 0 aliphatic carbocycles. The van der Waals surface area contributed by atoms with Crippen molar-refractivity contribution >= 4 is 21.9 Å². The molecular formula is C16H22BrNO2. The number of rotatable bonds is 2. The quantitative estimate of drug-likeness (QED) is 0.839. The molecule has 1 heterocycles. The van der Waals surface area contributed by atoms with Gasteiger partial charge in [0.25, 0.3) is 0 Å². The number of esters is 1. The number of aryl methyl sites for hydroxylation is 1. The molecule has 0 aromatic heterocycles. The SMILES string of the molecule is Cc1ccc(C2CNCC2C(=O)OC(C)(C)C)c(Br)c1. The Balaban J connectivity index is 2.21. The zero-order chi connectivity index (χ0) is 14.9. The highest BCUT2D eigenvalue weighted by Gasteiger charge is 2.37. The minimum absolute atomic E-state index is 0.111. The molecule has 0 amide bonds. The lowest BCUT2D eigenvalue weighted by Gasteiger charge is -2.25. The van der Waals surface area contributed by atoms with Gasteiger partial charge in [0.15, 0.2) is 0 Å². The van der Waals surface area contributed by atoms with Gasteiger partial charge >= 0.3 is 5.97 Å². The van der Waals surface area contributed by atoms with Crippen LogP contribution in [-0.2, 0) is 9.53 Å². The molecule has 1 aliphatic rings. The van der Waals surface area contributed by atoms with E-state index in [1.165, 1.54) is 11.1 Å². The number of carbonyl (C=O) groups excluding carboxylic acids is 1. The van der Waals surface area contributed by atoms with E-state index in [2.05, 4.69) is 46.4 Å². The Morgan fingerprint density at radius 1 is 1.35 bits per heavy atom. The van der Waals surface area contributed by atoms with Gasteiger partial charge in [-0.15, -0.1) is 0 Å². The van der Waals surface area contributed by atoms with Crippen LogP contribution in [0, 0.1) is 12.8 Å². The maximum Gasteiger partial charge on any atom is 0.311 e. The van der Waals surface area contributed by atoms with E-state index in [4.69, 9.17) is 4.74 Å². The molecule has 1 fully saturated rings. The van der Waals surface area contributed by atoms with Crippen molar-refractivity contribution in [3.05, 3.63) is 33.8 Å². The fraction of sp³-hybridized carbons (Fsp3) is 0.562. The molecule has 2 rings (SSSR count). The van der Waals surface area contributed by atoms with Crippen LogP contribution >= 0.6 is 15.9 Å².